The number of hydrogen-bond donors (Lipinski definition) is 4. The van der Waals surface area contributed by atoms with Gasteiger partial charge >= 0.3 is 0 Å². The first-order valence-electron chi connectivity index (χ1n) is 11.8. The Kier molecular flexibility index (Phi) is 6.22. The predicted molar refractivity (Wildman–Crippen MR) is 137 cm³/mol. The number of aliphatic hydroxyl groups is 1. The molecule has 1 saturated heterocycles. The monoisotopic (exact) mass is 477 g/mol. The summed E-state index contributed by atoms with van der Waals surface area (Å²) in [5.41, 5.74) is 2.49. The maximum absolute atomic E-state index is 10.2. The second kappa shape index (κ2) is 9.31. The predicted octanol–water partition coefficient (Wildman–Crippen LogP) is 5.27. The third kappa shape index (κ3) is 5.20. The lowest BCUT2D eigenvalue weighted by molar-refractivity contribution is 0.0304. The van der Waals surface area contributed by atoms with Crippen molar-refractivity contribution >= 4 is 34.9 Å². The number of aromatic nitrogens is 4. The Balaban J connectivity index is 1.35. The number of anilines is 4. The molecule has 178 valence electrons. The molecule has 3 heterocycles. The highest BCUT2D eigenvalue weighted by atomic mass is 32.2. The lowest BCUT2D eigenvalue weighted by atomic mass is 9.83. The van der Waals surface area contributed by atoms with Crippen LogP contribution < -0.4 is 15.5 Å². The van der Waals surface area contributed by atoms with Crippen LogP contribution in [-0.2, 0) is 0 Å². The maximum Gasteiger partial charge on any atom is 0.196 e. The molecule has 2 aliphatic rings. The molecule has 1 aliphatic heterocycles. The number of H-pyrrole nitrogens is 1. The summed E-state index contributed by atoms with van der Waals surface area (Å²) in [7, 11) is 0. The topological polar surface area (TPSA) is 102 Å². The minimum Gasteiger partial charge on any atom is -0.386 e. The van der Waals surface area contributed by atoms with Crippen molar-refractivity contribution in [2.24, 2.45) is 0 Å². The number of benzene rings is 1. The van der Waals surface area contributed by atoms with Crippen LogP contribution >= 0.6 is 11.8 Å². The van der Waals surface area contributed by atoms with Crippen LogP contribution in [0.25, 0.3) is 0 Å². The van der Waals surface area contributed by atoms with Crippen molar-refractivity contribution in [1.29, 1.82) is 0 Å². The van der Waals surface area contributed by atoms with Crippen molar-refractivity contribution < 1.29 is 5.11 Å². The number of allylic oxidation sites excluding steroid dienone is 1. The Labute approximate surface area is 204 Å². The first kappa shape index (κ1) is 22.7. The number of hydrogen-bond acceptors (Lipinski definition) is 8. The van der Waals surface area contributed by atoms with E-state index in [1.54, 1.807) is 0 Å². The average Bonchev–Trinajstić information content (AvgIpc) is 3.19. The Morgan fingerprint density at radius 1 is 1.21 bits per heavy atom. The van der Waals surface area contributed by atoms with E-state index in [1.807, 2.05) is 37.3 Å². The van der Waals surface area contributed by atoms with E-state index in [-0.39, 0.29) is 0 Å². The van der Waals surface area contributed by atoms with Crippen LogP contribution in [0.15, 0.2) is 58.7 Å². The standard InChI is InChI=1S/C25H31N7OS/c1-4-16(2)26-18-8-10-19(11-9-18)34-24-28-21(13-23(29-24)32-14-25(3,33)15-32)27-22-12-20(30-31-22)17-6-5-7-17/h8-13,17,26,33H,2,4-7,14-15H2,1,3H3,(H2,27,28,29,30,31). The highest BCUT2D eigenvalue weighted by molar-refractivity contribution is 7.99. The summed E-state index contributed by atoms with van der Waals surface area (Å²) >= 11 is 1.50. The Bertz CT molecular complexity index is 1160. The van der Waals surface area contributed by atoms with Gasteiger partial charge in [0, 0.05) is 53.1 Å². The van der Waals surface area contributed by atoms with Crippen molar-refractivity contribution in [2.45, 2.75) is 61.1 Å². The van der Waals surface area contributed by atoms with Gasteiger partial charge in [0.1, 0.15) is 11.6 Å². The van der Waals surface area contributed by atoms with Gasteiger partial charge < -0.3 is 20.6 Å². The molecule has 1 aromatic carbocycles. The molecule has 34 heavy (non-hydrogen) atoms. The fourth-order valence-corrected chi connectivity index (χ4v) is 4.85. The summed E-state index contributed by atoms with van der Waals surface area (Å²) in [6.07, 6.45) is 4.60. The van der Waals surface area contributed by atoms with E-state index in [4.69, 9.17) is 9.97 Å². The van der Waals surface area contributed by atoms with E-state index in [0.717, 1.165) is 34.3 Å². The minimum absolute atomic E-state index is 0.545. The third-order valence-electron chi connectivity index (χ3n) is 6.29. The van der Waals surface area contributed by atoms with Gasteiger partial charge in [-0.2, -0.15) is 5.10 Å². The van der Waals surface area contributed by atoms with Gasteiger partial charge in [-0.3, -0.25) is 5.10 Å². The van der Waals surface area contributed by atoms with Gasteiger partial charge in [-0.15, -0.1) is 0 Å². The van der Waals surface area contributed by atoms with Crippen LogP contribution in [0.2, 0.25) is 0 Å². The van der Waals surface area contributed by atoms with Crippen molar-refractivity contribution in [3.05, 3.63) is 54.4 Å². The minimum atomic E-state index is -0.683. The normalized spacial score (nSPS) is 17.1. The van der Waals surface area contributed by atoms with E-state index in [9.17, 15) is 5.11 Å². The zero-order chi connectivity index (χ0) is 23.7. The molecule has 0 radical (unpaired) electrons. The quantitative estimate of drug-likeness (QED) is 0.309. The van der Waals surface area contributed by atoms with Gasteiger partial charge in [-0.05, 0) is 62.2 Å². The first-order chi connectivity index (χ1) is 16.4. The van der Waals surface area contributed by atoms with Crippen LogP contribution in [0.5, 0.6) is 0 Å². The Hall–Kier alpha value is -3.04. The van der Waals surface area contributed by atoms with Crippen LogP contribution in [-0.4, -0.2) is 44.0 Å². The van der Waals surface area contributed by atoms with Gasteiger partial charge in [0.05, 0.1) is 5.60 Å². The van der Waals surface area contributed by atoms with Crippen LogP contribution in [0.1, 0.15) is 51.1 Å². The lowest BCUT2D eigenvalue weighted by Crippen LogP contribution is -2.60. The van der Waals surface area contributed by atoms with E-state index in [2.05, 4.69) is 45.3 Å². The van der Waals surface area contributed by atoms with E-state index >= 15 is 0 Å². The summed E-state index contributed by atoms with van der Waals surface area (Å²) in [4.78, 5) is 12.6. The average molecular weight is 478 g/mol. The van der Waals surface area contributed by atoms with Gasteiger partial charge in [0.2, 0.25) is 0 Å². The summed E-state index contributed by atoms with van der Waals surface area (Å²) in [6.45, 7) is 9.00. The van der Waals surface area contributed by atoms with E-state index in [1.165, 1.54) is 36.7 Å². The lowest BCUT2D eigenvalue weighted by Gasteiger charge is -2.45. The molecule has 0 bridgehead atoms. The SMILES string of the molecule is C=C(CC)Nc1ccc(Sc2nc(Nc3cc(C4CCC4)[nH]n3)cc(N3CC(C)(O)C3)n2)cc1. The van der Waals surface area contributed by atoms with E-state index < -0.39 is 5.60 Å². The molecule has 3 aromatic rings. The molecule has 4 N–H and O–H groups in total. The first-order valence-corrected chi connectivity index (χ1v) is 12.6. The van der Waals surface area contributed by atoms with Crippen molar-refractivity contribution in [3.63, 3.8) is 0 Å². The molecule has 1 aliphatic carbocycles. The maximum atomic E-state index is 10.2. The summed E-state index contributed by atoms with van der Waals surface area (Å²) < 4.78 is 0. The van der Waals surface area contributed by atoms with Crippen LogP contribution in [0.3, 0.4) is 0 Å². The zero-order valence-corrected chi connectivity index (χ0v) is 20.5. The van der Waals surface area contributed by atoms with E-state index in [0.29, 0.717) is 30.0 Å². The highest BCUT2D eigenvalue weighted by Crippen LogP contribution is 2.37. The molecule has 0 amide bonds. The number of rotatable bonds is 9. The highest BCUT2D eigenvalue weighted by Gasteiger charge is 2.37. The molecule has 1 saturated carbocycles. The molecule has 8 nitrogen and oxygen atoms in total. The molecule has 9 heteroatoms. The Morgan fingerprint density at radius 2 is 1.97 bits per heavy atom. The van der Waals surface area contributed by atoms with Crippen molar-refractivity contribution in [1.82, 2.24) is 20.2 Å². The molecule has 0 spiro atoms. The second-order valence-corrected chi connectivity index (χ2v) is 10.5. The molecule has 5 rings (SSSR count). The summed E-state index contributed by atoms with van der Waals surface area (Å²) in [5.74, 6) is 2.82. The zero-order valence-electron chi connectivity index (χ0n) is 19.6. The fraction of sp³-hybridized carbons (Fsp3) is 0.400. The largest absolute Gasteiger partial charge is 0.386 e. The van der Waals surface area contributed by atoms with Crippen molar-refractivity contribution in [3.8, 4) is 0 Å². The van der Waals surface area contributed by atoms with Gasteiger partial charge in [-0.25, -0.2) is 9.97 Å². The molecular weight excluding hydrogens is 446 g/mol. The van der Waals surface area contributed by atoms with Crippen molar-refractivity contribution in [2.75, 3.05) is 28.6 Å². The third-order valence-corrected chi connectivity index (χ3v) is 7.16. The number of nitrogens with zero attached hydrogens (tertiary/aromatic N) is 4. The number of nitrogens with one attached hydrogen (secondary N) is 3. The molecule has 2 aromatic heterocycles. The number of β-amino-alcohol motifs (C(OH)–C–C–N with tert-alkyl or cyclic N) is 1. The smallest absolute Gasteiger partial charge is 0.196 e. The van der Waals surface area contributed by atoms with Gasteiger partial charge in [-0.1, -0.05) is 19.9 Å². The second-order valence-electron chi connectivity index (χ2n) is 9.42. The Morgan fingerprint density at radius 3 is 2.62 bits per heavy atom. The molecule has 2 fully saturated rings. The summed E-state index contributed by atoms with van der Waals surface area (Å²) in [5, 5.41) is 25.1. The van der Waals surface area contributed by atoms with Crippen LogP contribution in [0, 0.1) is 0 Å². The molecular formula is C25H31N7OS. The summed E-state index contributed by atoms with van der Waals surface area (Å²) in [6, 6.07) is 12.1. The molecule has 0 atom stereocenters. The molecule has 0 unspecified atom stereocenters. The van der Waals surface area contributed by atoms with Gasteiger partial charge in [0.25, 0.3) is 0 Å². The number of aromatic amines is 1. The van der Waals surface area contributed by atoms with Gasteiger partial charge in [0.15, 0.2) is 11.0 Å². The van der Waals surface area contributed by atoms with Crippen LogP contribution in [0.4, 0.5) is 23.1 Å². The fourth-order valence-electron chi connectivity index (χ4n) is 4.09.